The molecule has 0 bridgehead atoms. The zero-order valence-electron chi connectivity index (χ0n) is 4.32. The molecule has 0 unspecified atom stereocenters. The maximum atomic E-state index is 12.4. The molecule has 0 aliphatic heterocycles. The van der Waals surface area contributed by atoms with Crippen LogP contribution in [0.4, 0.5) is 4.39 Å². The van der Waals surface area contributed by atoms with E-state index in [1.165, 1.54) is 12.1 Å². The van der Waals surface area contributed by atoms with Gasteiger partial charge in [-0.2, -0.15) is 0 Å². The number of hydrogen-bond donors (Lipinski definition) is 1. The van der Waals surface area contributed by atoms with E-state index in [0.717, 1.165) is 0 Å². The molecule has 48 valence electrons. The molecule has 4 heteroatoms. The average molecular weight is 255 g/mol. The summed E-state index contributed by atoms with van der Waals surface area (Å²) in [7, 11) is 0. The van der Waals surface area contributed by atoms with Gasteiger partial charge in [0.25, 0.3) is 0 Å². The van der Waals surface area contributed by atoms with E-state index in [4.69, 9.17) is 12.2 Å². The second-order valence-electron chi connectivity index (χ2n) is 1.48. The fraction of sp³-hybridized carbons (Fsp3) is 0. The second-order valence-corrected chi connectivity index (χ2v) is 3.00. The Morgan fingerprint density at radius 3 is 2.67 bits per heavy atom. The van der Waals surface area contributed by atoms with E-state index in [1.54, 1.807) is 0 Å². The lowest BCUT2D eigenvalue weighted by Gasteiger charge is -1.90. The van der Waals surface area contributed by atoms with Gasteiger partial charge in [0, 0.05) is 0 Å². The number of aromatic nitrogens is 1. The van der Waals surface area contributed by atoms with Crippen LogP contribution in [0.25, 0.3) is 0 Å². The third-order valence-electron chi connectivity index (χ3n) is 0.824. The molecule has 0 aliphatic rings. The van der Waals surface area contributed by atoms with Gasteiger partial charge >= 0.3 is 0 Å². The smallest absolute Gasteiger partial charge is 0.153 e. The number of hydrogen-bond acceptors (Lipinski definition) is 1. The number of nitrogens with one attached hydrogen (secondary N) is 1. The number of pyridine rings is 1. The molecule has 0 atom stereocenters. The molecule has 0 aromatic carbocycles. The first kappa shape index (κ1) is 7.14. The van der Waals surface area contributed by atoms with Crippen molar-refractivity contribution in [2.45, 2.75) is 0 Å². The van der Waals surface area contributed by atoms with E-state index >= 15 is 0 Å². The van der Waals surface area contributed by atoms with E-state index in [1.807, 2.05) is 22.6 Å². The summed E-state index contributed by atoms with van der Waals surface area (Å²) in [5.41, 5.74) is 0. The normalized spacial score (nSPS) is 9.56. The zero-order valence-corrected chi connectivity index (χ0v) is 7.29. The minimum atomic E-state index is -0.260. The van der Waals surface area contributed by atoms with Crippen LogP contribution in [0.1, 0.15) is 0 Å². The average Bonchev–Trinajstić information content (AvgIpc) is 1.80. The van der Waals surface area contributed by atoms with Crippen molar-refractivity contribution in [2.75, 3.05) is 0 Å². The highest BCUT2D eigenvalue weighted by Gasteiger charge is 1.93. The maximum Gasteiger partial charge on any atom is 0.153 e. The zero-order chi connectivity index (χ0) is 6.85. The van der Waals surface area contributed by atoms with Gasteiger partial charge in [-0.25, -0.2) is 4.39 Å². The summed E-state index contributed by atoms with van der Waals surface area (Å²) in [6, 6.07) is 2.87. The Labute approximate surface area is 70.4 Å². The van der Waals surface area contributed by atoms with E-state index in [9.17, 15) is 4.39 Å². The van der Waals surface area contributed by atoms with Crippen LogP contribution in [0.3, 0.4) is 0 Å². The van der Waals surface area contributed by atoms with Gasteiger partial charge in [0.2, 0.25) is 0 Å². The molecule has 0 spiro atoms. The van der Waals surface area contributed by atoms with Crippen LogP contribution in [-0.2, 0) is 0 Å². The Hall–Kier alpha value is 0.0300. The van der Waals surface area contributed by atoms with E-state index in [0.29, 0.717) is 8.34 Å². The van der Waals surface area contributed by atoms with Crippen molar-refractivity contribution < 1.29 is 4.39 Å². The van der Waals surface area contributed by atoms with Gasteiger partial charge in [-0.15, -0.1) is 0 Å². The number of H-pyrrole nitrogens is 1. The molecule has 1 N–H and O–H groups in total. The molecule has 0 fully saturated rings. The van der Waals surface area contributed by atoms with Crippen LogP contribution in [0, 0.1) is 14.2 Å². The van der Waals surface area contributed by atoms with Crippen LogP contribution >= 0.6 is 34.8 Å². The molecule has 0 aliphatic carbocycles. The predicted octanol–water partition coefficient (Wildman–Crippen LogP) is 2.49. The molecular formula is C5H3FINS. The molecule has 1 aromatic heterocycles. The molecule has 1 aromatic rings. The Morgan fingerprint density at radius 1 is 1.56 bits per heavy atom. The Bertz CT molecular complexity index is 270. The predicted molar refractivity (Wildman–Crippen MR) is 44.3 cm³/mol. The lowest BCUT2D eigenvalue weighted by atomic mass is 10.5. The SMILES string of the molecule is Fc1ccc(=S)[nH]c1I. The fourth-order valence-electron chi connectivity index (χ4n) is 0.432. The molecule has 0 radical (unpaired) electrons. The molecule has 1 heterocycles. The highest BCUT2D eigenvalue weighted by molar-refractivity contribution is 14.1. The summed E-state index contributed by atoms with van der Waals surface area (Å²) >= 11 is 6.58. The minimum absolute atomic E-state index is 0.260. The first-order chi connectivity index (χ1) is 4.20. The van der Waals surface area contributed by atoms with E-state index < -0.39 is 0 Å². The monoisotopic (exact) mass is 255 g/mol. The van der Waals surface area contributed by atoms with Crippen molar-refractivity contribution in [3.63, 3.8) is 0 Å². The van der Waals surface area contributed by atoms with E-state index in [2.05, 4.69) is 4.98 Å². The van der Waals surface area contributed by atoms with Gasteiger partial charge in [-0.1, -0.05) is 12.2 Å². The first-order valence-electron chi connectivity index (χ1n) is 2.24. The summed E-state index contributed by atoms with van der Waals surface area (Å²) in [6.45, 7) is 0. The first-order valence-corrected chi connectivity index (χ1v) is 3.73. The topological polar surface area (TPSA) is 15.8 Å². The Kier molecular flexibility index (Phi) is 2.18. The summed E-state index contributed by atoms with van der Waals surface area (Å²) in [4.78, 5) is 2.66. The molecule has 1 nitrogen and oxygen atoms in total. The summed E-state index contributed by atoms with van der Waals surface area (Å²) in [5, 5.41) is 0. The molecule has 0 saturated carbocycles. The highest BCUT2D eigenvalue weighted by Crippen LogP contribution is 2.05. The van der Waals surface area contributed by atoms with Crippen molar-refractivity contribution in [1.29, 1.82) is 0 Å². The van der Waals surface area contributed by atoms with Gasteiger partial charge in [-0.3, -0.25) is 0 Å². The largest absolute Gasteiger partial charge is 0.339 e. The summed E-state index contributed by atoms with van der Waals surface area (Å²) in [5.74, 6) is -0.260. The number of rotatable bonds is 0. The van der Waals surface area contributed by atoms with Crippen molar-refractivity contribution in [1.82, 2.24) is 4.98 Å². The van der Waals surface area contributed by atoms with Crippen molar-refractivity contribution >= 4 is 34.8 Å². The van der Waals surface area contributed by atoms with Crippen molar-refractivity contribution in [2.24, 2.45) is 0 Å². The lowest BCUT2D eigenvalue weighted by Crippen LogP contribution is -1.84. The van der Waals surface area contributed by atoms with Crippen LogP contribution in [0.15, 0.2) is 12.1 Å². The van der Waals surface area contributed by atoms with Crippen LogP contribution in [0.2, 0.25) is 0 Å². The van der Waals surface area contributed by atoms with Gasteiger partial charge < -0.3 is 4.98 Å². The van der Waals surface area contributed by atoms with Gasteiger partial charge in [0.1, 0.15) is 8.34 Å². The van der Waals surface area contributed by atoms with Crippen LogP contribution in [0.5, 0.6) is 0 Å². The lowest BCUT2D eigenvalue weighted by molar-refractivity contribution is 0.611. The Balaban J connectivity index is 3.34. The van der Waals surface area contributed by atoms with E-state index in [-0.39, 0.29) is 5.82 Å². The molecule has 0 amide bonds. The molecule has 1 rings (SSSR count). The van der Waals surface area contributed by atoms with Gasteiger partial charge in [0.15, 0.2) is 5.82 Å². The molecule has 0 saturated heterocycles. The minimum Gasteiger partial charge on any atom is -0.339 e. The van der Waals surface area contributed by atoms with Gasteiger partial charge in [-0.05, 0) is 34.7 Å². The standard InChI is InChI=1S/C5H3FINS/c6-3-1-2-4(9)8-5(3)7/h1-2H,(H,8,9). The quantitative estimate of drug-likeness (QED) is 0.428. The third-order valence-corrected chi connectivity index (χ3v) is 1.85. The Morgan fingerprint density at radius 2 is 2.22 bits per heavy atom. The number of aromatic amines is 1. The second kappa shape index (κ2) is 2.74. The summed E-state index contributed by atoms with van der Waals surface area (Å²) < 4.78 is 13.4. The van der Waals surface area contributed by atoms with Crippen molar-refractivity contribution in [3.05, 3.63) is 26.3 Å². The van der Waals surface area contributed by atoms with Crippen molar-refractivity contribution in [3.8, 4) is 0 Å². The number of halogens is 2. The molecular weight excluding hydrogens is 252 g/mol. The highest BCUT2D eigenvalue weighted by atomic mass is 127. The third kappa shape index (κ3) is 1.72. The molecule has 9 heavy (non-hydrogen) atoms. The maximum absolute atomic E-state index is 12.4. The van der Waals surface area contributed by atoms with Gasteiger partial charge in [0.05, 0.1) is 0 Å². The van der Waals surface area contributed by atoms with Crippen LogP contribution < -0.4 is 0 Å². The van der Waals surface area contributed by atoms with Crippen LogP contribution in [-0.4, -0.2) is 4.98 Å². The fourth-order valence-corrected chi connectivity index (χ4v) is 1.25. The summed E-state index contributed by atoms with van der Waals surface area (Å²) in [6.07, 6.45) is 0.